The van der Waals surface area contributed by atoms with Gasteiger partial charge in [-0.25, -0.2) is 0 Å². The minimum absolute atomic E-state index is 0.0797. The number of aliphatic hydroxyl groups excluding tert-OH is 1. The Morgan fingerprint density at radius 2 is 2.16 bits per heavy atom. The van der Waals surface area contributed by atoms with E-state index in [4.69, 9.17) is 4.74 Å². The van der Waals surface area contributed by atoms with E-state index in [9.17, 15) is 27.9 Å². The number of halogens is 3. The number of amides is 1. The lowest BCUT2D eigenvalue weighted by Crippen LogP contribution is -2.53. The van der Waals surface area contributed by atoms with Gasteiger partial charge in [0.15, 0.2) is 5.78 Å². The molecular formula is C16H18F3NO4S. The summed E-state index contributed by atoms with van der Waals surface area (Å²) in [4.78, 5) is 25.9. The van der Waals surface area contributed by atoms with Crippen LogP contribution in [0.5, 0.6) is 5.75 Å². The van der Waals surface area contributed by atoms with E-state index in [1.807, 2.05) is 0 Å². The van der Waals surface area contributed by atoms with E-state index in [0.717, 1.165) is 11.3 Å². The highest BCUT2D eigenvalue weighted by atomic mass is 32.1. The molecule has 0 aromatic carbocycles. The third kappa shape index (κ3) is 3.39. The molecule has 1 amide bonds. The molecule has 0 aliphatic carbocycles. The van der Waals surface area contributed by atoms with E-state index in [0.29, 0.717) is 24.3 Å². The van der Waals surface area contributed by atoms with E-state index < -0.39 is 36.1 Å². The number of likely N-dealkylation sites (tertiary alicyclic amines) is 1. The number of hydrogen-bond donors (Lipinski definition) is 1. The van der Waals surface area contributed by atoms with Gasteiger partial charge in [-0.15, -0.1) is 11.3 Å². The zero-order valence-electron chi connectivity index (χ0n) is 13.7. The first kappa shape index (κ1) is 18.2. The van der Waals surface area contributed by atoms with Crippen LogP contribution in [0.1, 0.15) is 53.7 Å². The average Bonchev–Trinajstić information content (AvgIpc) is 3.04. The molecular weight excluding hydrogens is 359 g/mol. The molecule has 2 aliphatic rings. The molecule has 1 N–H and O–H groups in total. The van der Waals surface area contributed by atoms with Gasteiger partial charge in [-0.1, -0.05) is 0 Å². The van der Waals surface area contributed by atoms with Gasteiger partial charge in [0.2, 0.25) is 5.91 Å². The predicted molar refractivity (Wildman–Crippen MR) is 83.7 cm³/mol. The second kappa shape index (κ2) is 5.98. The average molecular weight is 377 g/mol. The van der Waals surface area contributed by atoms with Crippen molar-refractivity contribution in [1.82, 2.24) is 4.90 Å². The fraction of sp³-hybridized carbons (Fsp3) is 0.625. The molecule has 1 aromatic heterocycles. The van der Waals surface area contributed by atoms with Crippen LogP contribution in [0.15, 0.2) is 6.07 Å². The fourth-order valence-electron chi connectivity index (χ4n) is 3.22. The van der Waals surface area contributed by atoms with Gasteiger partial charge in [-0.3, -0.25) is 9.59 Å². The monoisotopic (exact) mass is 377 g/mol. The number of carbonyl (C=O) groups is 2. The van der Waals surface area contributed by atoms with Crippen LogP contribution in [0.3, 0.4) is 0 Å². The maximum atomic E-state index is 12.5. The Morgan fingerprint density at radius 1 is 1.48 bits per heavy atom. The number of ether oxygens (including phenoxy) is 1. The van der Waals surface area contributed by atoms with Crippen LogP contribution in [-0.4, -0.2) is 46.1 Å². The lowest BCUT2D eigenvalue weighted by atomic mass is 9.90. The minimum Gasteiger partial charge on any atom is -0.484 e. The predicted octanol–water partition coefficient (Wildman–Crippen LogP) is 3.08. The summed E-state index contributed by atoms with van der Waals surface area (Å²) in [6.07, 6.45) is -6.17. The highest BCUT2D eigenvalue weighted by Gasteiger charge is 2.49. The van der Waals surface area contributed by atoms with Crippen molar-refractivity contribution in [2.75, 3.05) is 6.54 Å². The number of hydrogen-bond acceptors (Lipinski definition) is 5. The topological polar surface area (TPSA) is 66.8 Å². The summed E-state index contributed by atoms with van der Waals surface area (Å²) < 4.78 is 43.2. The Morgan fingerprint density at radius 3 is 2.72 bits per heavy atom. The van der Waals surface area contributed by atoms with Crippen LogP contribution in [0.4, 0.5) is 13.2 Å². The Bertz CT molecular complexity index is 713. The molecule has 0 unspecified atom stereocenters. The summed E-state index contributed by atoms with van der Waals surface area (Å²) >= 11 is 0.857. The maximum absolute atomic E-state index is 12.5. The number of alkyl halides is 3. The molecule has 5 nitrogen and oxygen atoms in total. The second-order valence-corrected chi connectivity index (χ2v) is 7.92. The van der Waals surface area contributed by atoms with Gasteiger partial charge in [0.05, 0.1) is 15.8 Å². The molecule has 0 bridgehead atoms. The largest absolute Gasteiger partial charge is 0.484 e. The second-order valence-electron chi connectivity index (χ2n) is 6.84. The third-order valence-electron chi connectivity index (χ3n) is 4.46. The molecule has 9 heteroatoms. The molecule has 0 radical (unpaired) electrons. The first-order valence-corrected chi connectivity index (χ1v) is 8.71. The number of aliphatic hydroxyl groups is 1. The van der Waals surface area contributed by atoms with Crippen molar-refractivity contribution in [3.05, 3.63) is 15.8 Å². The maximum Gasteiger partial charge on any atom is 0.396 e. The first-order chi connectivity index (χ1) is 11.5. The smallest absolute Gasteiger partial charge is 0.396 e. The summed E-state index contributed by atoms with van der Waals surface area (Å²) in [6, 6.07) is 0.570. The lowest BCUT2D eigenvalue weighted by Gasteiger charge is -2.43. The van der Waals surface area contributed by atoms with Crippen LogP contribution in [0.2, 0.25) is 0 Å². The van der Waals surface area contributed by atoms with Crippen molar-refractivity contribution in [2.45, 2.75) is 57.0 Å². The fourth-order valence-corrected chi connectivity index (χ4v) is 4.39. The van der Waals surface area contributed by atoms with Crippen LogP contribution in [0.25, 0.3) is 0 Å². The van der Waals surface area contributed by atoms with E-state index in [2.05, 4.69) is 0 Å². The van der Waals surface area contributed by atoms with E-state index in [1.165, 1.54) is 11.0 Å². The number of rotatable bonds is 3. The van der Waals surface area contributed by atoms with Crippen molar-refractivity contribution >= 4 is 23.0 Å². The molecule has 0 spiro atoms. The molecule has 1 saturated heterocycles. The Hall–Kier alpha value is -1.61. The number of thiophene rings is 1. The van der Waals surface area contributed by atoms with Crippen LogP contribution >= 0.6 is 11.3 Å². The molecule has 0 saturated carbocycles. The quantitative estimate of drug-likeness (QED) is 0.822. The lowest BCUT2D eigenvalue weighted by molar-refractivity contribution is -0.139. The van der Waals surface area contributed by atoms with Crippen molar-refractivity contribution in [3.63, 3.8) is 0 Å². The van der Waals surface area contributed by atoms with E-state index in [-0.39, 0.29) is 16.5 Å². The molecule has 1 fully saturated rings. The number of carbonyl (C=O) groups excluding carboxylic acids is 2. The molecule has 2 atom stereocenters. The first-order valence-electron chi connectivity index (χ1n) is 7.90. The highest BCUT2D eigenvalue weighted by molar-refractivity contribution is 7.14. The minimum atomic E-state index is -4.59. The standard InChI is InChI=1S/C16H18F3NO4S/c1-15(2)14(23)12(20-5-3-4-11(20)22)13-9(24-15)6-10(25-13)8(21)7-16(17,18)19/h6,12,14,23H,3-5,7H2,1-2H3/t12-,14+/m1/s1. The molecule has 1 aromatic rings. The number of ketones is 1. The van der Waals surface area contributed by atoms with Gasteiger partial charge in [-0.05, 0) is 20.3 Å². The molecule has 3 heterocycles. The Balaban J connectivity index is 1.99. The van der Waals surface area contributed by atoms with E-state index >= 15 is 0 Å². The Kier molecular flexibility index (Phi) is 4.35. The summed E-state index contributed by atoms with van der Waals surface area (Å²) in [5.74, 6) is -0.908. The zero-order valence-corrected chi connectivity index (χ0v) is 14.5. The van der Waals surface area contributed by atoms with Crippen LogP contribution in [0, 0.1) is 0 Å². The van der Waals surface area contributed by atoms with Gasteiger partial charge < -0.3 is 14.7 Å². The Labute approximate surface area is 146 Å². The third-order valence-corrected chi connectivity index (χ3v) is 5.69. The van der Waals surface area contributed by atoms with Crippen LogP contribution < -0.4 is 4.74 Å². The van der Waals surface area contributed by atoms with Crippen molar-refractivity contribution in [3.8, 4) is 5.75 Å². The van der Waals surface area contributed by atoms with Gasteiger partial charge in [0.1, 0.15) is 23.9 Å². The summed E-state index contributed by atoms with van der Waals surface area (Å²) in [6.45, 7) is 3.74. The number of nitrogens with zero attached hydrogens (tertiary/aromatic N) is 1. The van der Waals surface area contributed by atoms with Crippen molar-refractivity contribution < 1.29 is 32.6 Å². The number of fused-ring (bicyclic) bond motifs is 1. The highest BCUT2D eigenvalue weighted by Crippen LogP contribution is 2.48. The van der Waals surface area contributed by atoms with Crippen molar-refractivity contribution in [1.29, 1.82) is 0 Å². The normalized spacial score (nSPS) is 25.7. The molecule has 2 aliphatic heterocycles. The van der Waals surface area contributed by atoms with Gasteiger partial charge in [-0.2, -0.15) is 13.2 Å². The zero-order chi connectivity index (χ0) is 18.6. The summed E-state index contributed by atoms with van der Waals surface area (Å²) in [5, 5.41) is 10.7. The molecule has 138 valence electrons. The van der Waals surface area contributed by atoms with E-state index in [1.54, 1.807) is 13.8 Å². The summed E-state index contributed by atoms with van der Waals surface area (Å²) in [7, 11) is 0. The van der Waals surface area contributed by atoms with Gasteiger partial charge >= 0.3 is 6.18 Å². The molecule has 3 rings (SSSR count). The van der Waals surface area contributed by atoms with Crippen LogP contribution in [-0.2, 0) is 4.79 Å². The van der Waals surface area contributed by atoms with Gasteiger partial charge in [0, 0.05) is 19.0 Å². The summed E-state index contributed by atoms with van der Waals surface area (Å²) in [5.41, 5.74) is -1.04. The van der Waals surface area contributed by atoms with Gasteiger partial charge in [0.25, 0.3) is 0 Å². The number of Topliss-reactive ketones (excluding diaryl/α,β-unsaturated/α-hetero) is 1. The van der Waals surface area contributed by atoms with Crippen molar-refractivity contribution in [2.24, 2.45) is 0 Å². The SMILES string of the molecule is CC1(C)Oc2cc(C(=O)CC(F)(F)F)sc2[C@@H](N2CCCC2=O)[C@@H]1O. The molecule has 25 heavy (non-hydrogen) atoms.